The molecule has 1 unspecified atom stereocenters. The Labute approximate surface area is 103 Å². The first-order valence-electron chi connectivity index (χ1n) is 6.63. The van der Waals surface area contributed by atoms with Crippen LogP contribution in [0.15, 0.2) is 24.4 Å². The van der Waals surface area contributed by atoms with E-state index in [4.69, 9.17) is 0 Å². The Bertz CT molecular complexity index is 426. The minimum Gasteiger partial charge on any atom is -0.261 e. The molecule has 2 heteroatoms. The molecular weight excluding hydrogens is 208 g/mol. The fourth-order valence-corrected chi connectivity index (χ4v) is 4.02. The van der Waals surface area contributed by atoms with Gasteiger partial charge in [-0.25, -0.2) is 0 Å². The van der Waals surface area contributed by atoms with Crippen LogP contribution in [0.2, 0.25) is 0 Å². The fraction of sp³-hybridized carbons (Fsp3) is 0.600. The number of pyridine rings is 1. The molecule has 0 spiro atoms. The first-order valence-corrected chi connectivity index (χ1v) is 6.63. The van der Waals surface area contributed by atoms with Gasteiger partial charge >= 0.3 is 0 Å². The normalized spacial score (nSPS) is 35.5. The van der Waals surface area contributed by atoms with Crippen molar-refractivity contribution in [3.05, 3.63) is 30.1 Å². The van der Waals surface area contributed by atoms with E-state index in [2.05, 4.69) is 23.2 Å². The molecule has 0 aromatic carbocycles. The van der Waals surface area contributed by atoms with Gasteiger partial charge in [-0.3, -0.25) is 4.98 Å². The molecule has 88 valence electrons. The van der Waals surface area contributed by atoms with Gasteiger partial charge in [-0.05, 0) is 43.2 Å². The van der Waals surface area contributed by atoms with Gasteiger partial charge in [0.1, 0.15) is 0 Å². The summed E-state index contributed by atoms with van der Waals surface area (Å²) in [7, 11) is 0. The first kappa shape index (κ1) is 10.8. The molecule has 0 saturated heterocycles. The Balaban J connectivity index is 2.02. The summed E-state index contributed by atoms with van der Waals surface area (Å²) in [4.78, 5) is 4.56. The number of fused-ring (bicyclic) bond motifs is 3. The summed E-state index contributed by atoms with van der Waals surface area (Å²) in [5, 5.41) is 9.20. The molecule has 3 aliphatic rings. The van der Waals surface area contributed by atoms with E-state index in [1.54, 1.807) is 0 Å². The van der Waals surface area contributed by atoms with E-state index < -0.39 is 0 Å². The van der Waals surface area contributed by atoms with Crippen molar-refractivity contribution in [1.29, 1.82) is 5.26 Å². The molecule has 0 N–H and O–H groups in total. The number of aromatic nitrogens is 1. The number of nitriles is 1. The SMILES string of the molecule is N#CCC1(c2ccccn2)CC2CCC1CC2. The van der Waals surface area contributed by atoms with Crippen LogP contribution in [-0.4, -0.2) is 4.98 Å². The van der Waals surface area contributed by atoms with Gasteiger partial charge in [0.2, 0.25) is 0 Å². The third-order valence-electron chi connectivity index (χ3n) is 4.85. The van der Waals surface area contributed by atoms with E-state index >= 15 is 0 Å². The molecule has 1 aromatic rings. The second kappa shape index (κ2) is 4.14. The second-order valence-electron chi connectivity index (χ2n) is 5.63. The van der Waals surface area contributed by atoms with Gasteiger partial charge in [-0.1, -0.05) is 18.9 Å². The number of rotatable bonds is 2. The Morgan fingerprint density at radius 1 is 1.29 bits per heavy atom. The first-order chi connectivity index (χ1) is 8.35. The summed E-state index contributed by atoms with van der Waals surface area (Å²) in [6.07, 6.45) is 9.02. The van der Waals surface area contributed by atoms with Crippen molar-refractivity contribution >= 4 is 0 Å². The smallest absolute Gasteiger partial charge is 0.0631 e. The lowest BCUT2D eigenvalue weighted by molar-refractivity contribution is 0.0641. The topological polar surface area (TPSA) is 36.7 Å². The summed E-state index contributed by atoms with van der Waals surface area (Å²) < 4.78 is 0. The quantitative estimate of drug-likeness (QED) is 0.774. The zero-order valence-corrected chi connectivity index (χ0v) is 10.1. The van der Waals surface area contributed by atoms with E-state index in [1.165, 1.54) is 32.1 Å². The molecule has 3 aliphatic carbocycles. The number of hydrogen-bond acceptors (Lipinski definition) is 2. The molecule has 0 aliphatic heterocycles. The lowest BCUT2D eigenvalue weighted by atomic mass is 9.53. The highest BCUT2D eigenvalue weighted by Crippen LogP contribution is 2.54. The molecule has 2 bridgehead atoms. The van der Waals surface area contributed by atoms with E-state index in [0.29, 0.717) is 12.3 Å². The Hall–Kier alpha value is -1.36. The molecule has 4 rings (SSSR count). The van der Waals surface area contributed by atoms with Crippen molar-refractivity contribution in [2.45, 2.75) is 43.9 Å². The van der Waals surface area contributed by atoms with Crippen molar-refractivity contribution in [3.8, 4) is 6.07 Å². The highest BCUT2D eigenvalue weighted by atomic mass is 14.7. The van der Waals surface area contributed by atoms with Crippen LogP contribution in [-0.2, 0) is 5.41 Å². The van der Waals surface area contributed by atoms with Crippen molar-refractivity contribution in [3.63, 3.8) is 0 Å². The van der Waals surface area contributed by atoms with Crippen LogP contribution < -0.4 is 0 Å². The maximum atomic E-state index is 9.20. The third-order valence-corrected chi connectivity index (χ3v) is 4.85. The van der Waals surface area contributed by atoms with Gasteiger partial charge in [-0.15, -0.1) is 0 Å². The summed E-state index contributed by atoms with van der Waals surface area (Å²) >= 11 is 0. The lowest BCUT2D eigenvalue weighted by Gasteiger charge is -2.50. The van der Waals surface area contributed by atoms with Gasteiger partial charge in [0.25, 0.3) is 0 Å². The van der Waals surface area contributed by atoms with Gasteiger partial charge in [0, 0.05) is 23.7 Å². The Morgan fingerprint density at radius 3 is 2.65 bits per heavy atom. The lowest BCUT2D eigenvalue weighted by Crippen LogP contribution is -2.45. The van der Waals surface area contributed by atoms with Crippen LogP contribution in [0.1, 0.15) is 44.2 Å². The zero-order valence-electron chi connectivity index (χ0n) is 10.1. The molecule has 0 radical (unpaired) electrons. The largest absolute Gasteiger partial charge is 0.261 e. The monoisotopic (exact) mass is 226 g/mol. The van der Waals surface area contributed by atoms with Gasteiger partial charge in [-0.2, -0.15) is 5.26 Å². The summed E-state index contributed by atoms with van der Waals surface area (Å²) in [5.74, 6) is 1.51. The Kier molecular flexibility index (Phi) is 2.63. The molecule has 0 amide bonds. The van der Waals surface area contributed by atoms with Crippen LogP contribution in [0.3, 0.4) is 0 Å². The second-order valence-corrected chi connectivity index (χ2v) is 5.63. The van der Waals surface area contributed by atoms with Crippen LogP contribution in [0.5, 0.6) is 0 Å². The molecule has 17 heavy (non-hydrogen) atoms. The molecule has 1 aromatic heterocycles. The summed E-state index contributed by atoms with van der Waals surface area (Å²) in [6.45, 7) is 0. The van der Waals surface area contributed by atoms with Crippen LogP contribution in [0, 0.1) is 23.2 Å². The minimum absolute atomic E-state index is 0.0666. The predicted octanol–water partition coefficient (Wildman–Crippen LogP) is 3.44. The minimum atomic E-state index is 0.0666. The van der Waals surface area contributed by atoms with Crippen molar-refractivity contribution in [2.75, 3.05) is 0 Å². The van der Waals surface area contributed by atoms with Gasteiger partial charge < -0.3 is 0 Å². The van der Waals surface area contributed by atoms with Crippen molar-refractivity contribution in [1.82, 2.24) is 4.98 Å². The van der Waals surface area contributed by atoms with Crippen molar-refractivity contribution in [2.24, 2.45) is 11.8 Å². The average Bonchev–Trinajstić information content (AvgIpc) is 2.41. The predicted molar refractivity (Wildman–Crippen MR) is 66.2 cm³/mol. The molecule has 3 fully saturated rings. The van der Waals surface area contributed by atoms with E-state index in [9.17, 15) is 5.26 Å². The summed E-state index contributed by atoms with van der Waals surface area (Å²) in [5.41, 5.74) is 1.23. The number of hydrogen-bond donors (Lipinski definition) is 0. The van der Waals surface area contributed by atoms with E-state index in [1.807, 2.05) is 12.3 Å². The highest BCUT2D eigenvalue weighted by molar-refractivity contribution is 5.23. The zero-order chi connectivity index (χ0) is 11.7. The van der Waals surface area contributed by atoms with Gasteiger partial charge in [0.05, 0.1) is 6.07 Å². The summed E-state index contributed by atoms with van der Waals surface area (Å²) in [6, 6.07) is 8.57. The van der Waals surface area contributed by atoms with E-state index in [0.717, 1.165) is 11.6 Å². The molecular formula is C15H18N2. The van der Waals surface area contributed by atoms with Crippen LogP contribution in [0.25, 0.3) is 0 Å². The fourth-order valence-electron chi connectivity index (χ4n) is 4.02. The molecule has 1 atom stereocenters. The van der Waals surface area contributed by atoms with Crippen LogP contribution >= 0.6 is 0 Å². The third kappa shape index (κ3) is 1.65. The van der Waals surface area contributed by atoms with Gasteiger partial charge in [0.15, 0.2) is 0 Å². The maximum absolute atomic E-state index is 9.20. The average molecular weight is 226 g/mol. The van der Waals surface area contributed by atoms with E-state index in [-0.39, 0.29) is 5.41 Å². The highest BCUT2D eigenvalue weighted by Gasteiger charge is 2.48. The standard InChI is InChI=1S/C15H18N2/c16-9-8-15(14-3-1-2-10-17-14)11-12-4-6-13(15)7-5-12/h1-3,10,12-13H,4-8,11H2. The Morgan fingerprint density at radius 2 is 2.12 bits per heavy atom. The van der Waals surface area contributed by atoms with Crippen molar-refractivity contribution < 1.29 is 0 Å². The number of nitrogens with zero attached hydrogens (tertiary/aromatic N) is 2. The molecule has 3 saturated carbocycles. The molecule has 2 nitrogen and oxygen atoms in total. The van der Waals surface area contributed by atoms with Crippen LogP contribution in [0.4, 0.5) is 0 Å². The molecule has 1 heterocycles. The maximum Gasteiger partial charge on any atom is 0.0631 e.